The molecule has 3 heteroatoms. The van der Waals surface area contributed by atoms with Crippen molar-refractivity contribution in [3.05, 3.63) is 64.7 Å². The summed E-state index contributed by atoms with van der Waals surface area (Å²) in [6.45, 7) is 6.80. The molecule has 0 radical (unpaired) electrons. The first-order valence-electron chi connectivity index (χ1n) is 8.03. The molecule has 0 heterocycles. The molecule has 3 nitrogen and oxygen atoms in total. The number of carboxylic acids is 1. The summed E-state index contributed by atoms with van der Waals surface area (Å²) in [5, 5.41) is 9.59. The molecule has 1 N–H and O–H groups in total. The molecule has 2 rings (SSSR count). The van der Waals surface area contributed by atoms with Crippen molar-refractivity contribution in [3.8, 4) is 5.75 Å². The van der Waals surface area contributed by atoms with Gasteiger partial charge in [0.05, 0.1) is 12.5 Å². The lowest BCUT2D eigenvalue weighted by atomic mass is 9.90. The van der Waals surface area contributed by atoms with E-state index in [9.17, 15) is 9.90 Å². The molecular weight excluding hydrogens is 288 g/mol. The molecule has 1 atom stereocenters. The standard InChI is InChI=1S/C20H24O3/c1-4-11-23-18-9-6-16(7-10-18)13-19(20(21)22)17-8-5-14(2)15(3)12-17/h5-10,12,19H,4,11,13H2,1-3H3,(H,21,22). The average Bonchev–Trinajstić information content (AvgIpc) is 2.54. The normalized spacial score (nSPS) is 12.0. The molecule has 0 fully saturated rings. The van der Waals surface area contributed by atoms with E-state index in [4.69, 9.17) is 4.74 Å². The Morgan fingerprint density at radius 2 is 1.78 bits per heavy atom. The molecule has 0 saturated carbocycles. The van der Waals surface area contributed by atoms with Crippen LogP contribution in [-0.4, -0.2) is 17.7 Å². The number of hydrogen-bond acceptors (Lipinski definition) is 2. The molecule has 0 spiro atoms. The molecule has 0 saturated heterocycles. The Kier molecular flexibility index (Phi) is 5.80. The van der Waals surface area contributed by atoms with Gasteiger partial charge in [0.15, 0.2) is 0 Å². The highest BCUT2D eigenvalue weighted by Crippen LogP contribution is 2.24. The van der Waals surface area contributed by atoms with E-state index in [1.807, 2.05) is 56.3 Å². The summed E-state index contributed by atoms with van der Waals surface area (Å²) in [6, 6.07) is 13.6. The van der Waals surface area contributed by atoms with Crippen LogP contribution in [-0.2, 0) is 11.2 Å². The lowest BCUT2D eigenvalue weighted by Gasteiger charge is -2.15. The van der Waals surface area contributed by atoms with Gasteiger partial charge in [0.25, 0.3) is 0 Å². The van der Waals surface area contributed by atoms with Gasteiger partial charge >= 0.3 is 5.97 Å². The van der Waals surface area contributed by atoms with Crippen molar-refractivity contribution in [3.63, 3.8) is 0 Å². The zero-order valence-electron chi connectivity index (χ0n) is 14.0. The first-order valence-corrected chi connectivity index (χ1v) is 8.03. The molecule has 0 aliphatic heterocycles. The molecular formula is C20H24O3. The minimum atomic E-state index is -0.792. The number of ether oxygens (including phenoxy) is 1. The SMILES string of the molecule is CCCOc1ccc(CC(C(=O)O)c2ccc(C)c(C)c2)cc1. The van der Waals surface area contributed by atoms with E-state index in [2.05, 4.69) is 6.92 Å². The van der Waals surface area contributed by atoms with Crippen LogP contribution in [0.5, 0.6) is 5.75 Å². The first kappa shape index (κ1) is 17.1. The van der Waals surface area contributed by atoms with Crippen LogP contribution in [0.1, 0.15) is 41.5 Å². The lowest BCUT2D eigenvalue weighted by molar-refractivity contribution is -0.138. The van der Waals surface area contributed by atoms with E-state index in [1.54, 1.807) is 0 Å². The summed E-state index contributed by atoms with van der Waals surface area (Å²) in [7, 11) is 0. The Balaban J connectivity index is 2.16. The zero-order chi connectivity index (χ0) is 16.8. The summed E-state index contributed by atoms with van der Waals surface area (Å²) in [5.74, 6) is -0.495. The smallest absolute Gasteiger partial charge is 0.311 e. The number of hydrogen-bond donors (Lipinski definition) is 1. The maximum Gasteiger partial charge on any atom is 0.311 e. The van der Waals surface area contributed by atoms with Gasteiger partial charge in [0.2, 0.25) is 0 Å². The molecule has 23 heavy (non-hydrogen) atoms. The average molecular weight is 312 g/mol. The molecule has 0 aromatic heterocycles. The third-order valence-electron chi connectivity index (χ3n) is 4.07. The van der Waals surface area contributed by atoms with Gasteiger partial charge in [0, 0.05) is 0 Å². The minimum Gasteiger partial charge on any atom is -0.494 e. The van der Waals surface area contributed by atoms with E-state index < -0.39 is 11.9 Å². The van der Waals surface area contributed by atoms with E-state index in [1.165, 1.54) is 5.56 Å². The lowest BCUT2D eigenvalue weighted by Crippen LogP contribution is -2.14. The summed E-state index contributed by atoms with van der Waals surface area (Å²) in [4.78, 5) is 11.7. The van der Waals surface area contributed by atoms with E-state index in [0.29, 0.717) is 13.0 Å². The van der Waals surface area contributed by atoms with Gasteiger partial charge in [0.1, 0.15) is 5.75 Å². The molecule has 2 aromatic rings. The van der Waals surface area contributed by atoms with Gasteiger partial charge in [-0.1, -0.05) is 37.3 Å². The van der Waals surface area contributed by atoms with Gasteiger partial charge in [-0.25, -0.2) is 0 Å². The number of carbonyl (C=O) groups is 1. The Bertz CT molecular complexity index is 659. The molecule has 122 valence electrons. The fourth-order valence-corrected chi connectivity index (χ4v) is 2.51. The second-order valence-corrected chi connectivity index (χ2v) is 5.93. The molecule has 0 aliphatic carbocycles. The van der Waals surface area contributed by atoms with Gasteiger partial charge in [-0.2, -0.15) is 0 Å². The molecule has 0 amide bonds. The van der Waals surface area contributed by atoms with E-state index in [0.717, 1.165) is 28.9 Å². The zero-order valence-corrected chi connectivity index (χ0v) is 14.0. The number of carboxylic acid groups (broad SMARTS) is 1. The highest BCUT2D eigenvalue weighted by Gasteiger charge is 2.20. The minimum absolute atomic E-state index is 0.478. The van der Waals surface area contributed by atoms with Crippen LogP contribution >= 0.6 is 0 Å². The number of aliphatic carboxylic acids is 1. The van der Waals surface area contributed by atoms with E-state index >= 15 is 0 Å². The summed E-state index contributed by atoms with van der Waals surface area (Å²) < 4.78 is 5.56. The summed E-state index contributed by atoms with van der Waals surface area (Å²) in [6.07, 6.45) is 1.45. The van der Waals surface area contributed by atoms with Gasteiger partial charge in [-0.05, 0) is 61.1 Å². The van der Waals surface area contributed by atoms with Crippen LogP contribution in [0.15, 0.2) is 42.5 Å². The second-order valence-electron chi connectivity index (χ2n) is 5.93. The second kappa shape index (κ2) is 7.82. The predicted molar refractivity (Wildman–Crippen MR) is 92.2 cm³/mol. The third kappa shape index (κ3) is 4.59. The Morgan fingerprint density at radius 3 is 2.35 bits per heavy atom. The monoisotopic (exact) mass is 312 g/mol. The number of rotatable bonds is 7. The maximum atomic E-state index is 11.7. The quantitative estimate of drug-likeness (QED) is 0.818. The van der Waals surface area contributed by atoms with Crippen LogP contribution in [0.25, 0.3) is 0 Å². The van der Waals surface area contributed by atoms with Crippen molar-refractivity contribution < 1.29 is 14.6 Å². The van der Waals surface area contributed by atoms with Crippen molar-refractivity contribution in [2.45, 2.75) is 39.5 Å². The highest BCUT2D eigenvalue weighted by molar-refractivity contribution is 5.76. The molecule has 2 aromatic carbocycles. The third-order valence-corrected chi connectivity index (χ3v) is 4.07. The van der Waals surface area contributed by atoms with Crippen molar-refractivity contribution in [1.82, 2.24) is 0 Å². The van der Waals surface area contributed by atoms with Gasteiger partial charge < -0.3 is 9.84 Å². The van der Waals surface area contributed by atoms with Crippen LogP contribution in [0, 0.1) is 13.8 Å². The maximum absolute atomic E-state index is 11.7. The summed E-state index contributed by atoms with van der Waals surface area (Å²) >= 11 is 0. The summed E-state index contributed by atoms with van der Waals surface area (Å²) in [5.41, 5.74) is 4.15. The fraction of sp³-hybridized carbons (Fsp3) is 0.350. The molecule has 0 aliphatic rings. The van der Waals surface area contributed by atoms with Crippen molar-refractivity contribution in [1.29, 1.82) is 0 Å². The van der Waals surface area contributed by atoms with Crippen LogP contribution in [0.4, 0.5) is 0 Å². The van der Waals surface area contributed by atoms with E-state index in [-0.39, 0.29) is 0 Å². The number of benzene rings is 2. The van der Waals surface area contributed by atoms with Gasteiger partial charge in [-0.3, -0.25) is 4.79 Å². The first-order chi connectivity index (χ1) is 11.0. The van der Waals surface area contributed by atoms with Gasteiger partial charge in [-0.15, -0.1) is 0 Å². The number of aryl methyl sites for hydroxylation is 2. The predicted octanol–water partition coefficient (Wildman–Crippen LogP) is 4.50. The Morgan fingerprint density at radius 1 is 1.09 bits per heavy atom. The van der Waals surface area contributed by atoms with Crippen LogP contribution in [0.3, 0.4) is 0 Å². The molecule has 0 bridgehead atoms. The van der Waals surface area contributed by atoms with Crippen molar-refractivity contribution in [2.24, 2.45) is 0 Å². The highest BCUT2D eigenvalue weighted by atomic mass is 16.5. The molecule has 1 unspecified atom stereocenters. The largest absolute Gasteiger partial charge is 0.494 e. The Hall–Kier alpha value is -2.29. The fourth-order valence-electron chi connectivity index (χ4n) is 2.51. The topological polar surface area (TPSA) is 46.5 Å². The van der Waals surface area contributed by atoms with Crippen LogP contribution in [0.2, 0.25) is 0 Å². The van der Waals surface area contributed by atoms with Crippen molar-refractivity contribution >= 4 is 5.97 Å². The van der Waals surface area contributed by atoms with Crippen LogP contribution < -0.4 is 4.74 Å². The van der Waals surface area contributed by atoms with Crippen molar-refractivity contribution in [2.75, 3.05) is 6.61 Å². The Labute approximate surface area is 137 Å².